The van der Waals surface area contributed by atoms with Crippen molar-refractivity contribution in [2.45, 2.75) is 12.8 Å². The Hall–Kier alpha value is -2.33. The first-order valence-electron chi connectivity index (χ1n) is 7.69. The van der Waals surface area contributed by atoms with Gasteiger partial charge in [0.25, 0.3) is 0 Å². The molecule has 4 heteroatoms. The number of hydrogen-bond donors (Lipinski definition) is 1. The number of aromatic nitrogens is 1. The van der Waals surface area contributed by atoms with Gasteiger partial charge in [0, 0.05) is 24.2 Å². The molecule has 0 radical (unpaired) electrons. The second-order valence-electron chi connectivity index (χ2n) is 5.86. The molecule has 0 spiro atoms. The molecule has 0 saturated heterocycles. The molecule has 3 rings (SSSR count). The van der Waals surface area contributed by atoms with Crippen molar-refractivity contribution >= 4 is 10.9 Å². The van der Waals surface area contributed by atoms with E-state index < -0.39 is 0 Å². The van der Waals surface area contributed by atoms with Crippen molar-refractivity contribution < 1.29 is 9.13 Å². The van der Waals surface area contributed by atoms with Crippen LogP contribution in [0.3, 0.4) is 0 Å². The van der Waals surface area contributed by atoms with Crippen molar-refractivity contribution in [1.82, 2.24) is 4.57 Å². The van der Waals surface area contributed by atoms with Gasteiger partial charge in [-0.15, -0.1) is 0 Å². The van der Waals surface area contributed by atoms with E-state index in [9.17, 15) is 4.39 Å². The third-order valence-corrected chi connectivity index (χ3v) is 4.35. The number of hydrogen-bond acceptors (Lipinski definition) is 2. The van der Waals surface area contributed by atoms with Crippen molar-refractivity contribution in [3.8, 4) is 16.9 Å². The van der Waals surface area contributed by atoms with Gasteiger partial charge in [-0.25, -0.2) is 4.39 Å². The van der Waals surface area contributed by atoms with E-state index >= 15 is 0 Å². The van der Waals surface area contributed by atoms with E-state index in [1.165, 1.54) is 0 Å². The normalized spacial score (nSPS) is 12.6. The van der Waals surface area contributed by atoms with Crippen molar-refractivity contribution in [2.24, 2.45) is 12.8 Å². The first kappa shape index (κ1) is 15.6. The van der Waals surface area contributed by atoms with Gasteiger partial charge in [-0.1, -0.05) is 37.3 Å². The predicted octanol–water partition coefficient (Wildman–Crippen LogP) is 4.06. The van der Waals surface area contributed by atoms with Crippen LogP contribution in [-0.2, 0) is 7.05 Å². The summed E-state index contributed by atoms with van der Waals surface area (Å²) in [5.74, 6) is 0.569. The highest BCUT2D eigenvalue weighted by Gasteiger charge is 2.22. The molecular weight excluding hydrogens is 291 g/mol. The number of ether oxygens (including phenoxy) is 1. The standard InChI is InChI=1S/C19H21FN2O/c1-12(10-21)15-11-22(2)18-16(20)9-14(19(23-3)17(15)18)13-7-5-4-6-8-13/h4-9,11-12H,10,21H2,1-3H3. The van der Waals surface area contributed by atoms with Gasteiger partial charge in [-0.05, 0) is 29.7 Å². The first-order valence-corrected chi connectivity index (χ1v) is 7.69. The zero-order valence-electron chi connectivity index (χ0n) is 13.6. The monoisotopic (exact) mass is 312 g/mol. The summed E-state index contributed by atoms with van der Waals surface area (Å²) in [4.78, 5) is 0. The van der Waals surface area contributed by atoms with Crippen LogP contribution >= 0.6 is 0 Å². The second kappa shape index (κ2) is 6.05. The van der Waals surface area contributed by atoms with Crippen molar-refractivity contribution in [3.63, 3.8) is 0 Å². The number of halogens is 1. The Balaban J connectivity index is 2.41. The zero-order valence-corrected chi connectivity index (χ0v) is 13.6. The van der Waals surface area contributed by atoms with E-state index in [1.54, 1.807) is 13.2 Å². The van der Waals surface area contributed by atoms with Crippen LogP contribution in [0.15, 0.2) is 42.6 Å². The Labute approximate surface area is 135 Å². The number of rotatable bonds is 4. The molecule has 3 aromatic rings. The van der Waals surface area contributed by atoms with Gasteiger partial charge in [-0.3, -0.25) is 0 Å². The Morgan fingerprint density at radius 1 is 1.26 bits per heavy atom. The Bertz CT molecular complexity index is 840. The largest absolute Gasteiger partial charge is 0.495 e. The van der Waals surface area contributed by atoms with E-state index in [0.717, 1.165) is 22.1 Å². The predicted molar refractivity (Wildman–Crippen MR) is 92.3 cm³/mol. The topological polar surface area (TPSA) is 40.2 Å². The molecule has 1 unspecified atom stereocenters. The van der Waals surface area contributed by atoms with Crippen molar-refractivity contribution in [2.75, 3.05) is 13.7 Å². The number of benzene rings is 2. The van der Waals surface area contributed by atoms with Crippen LogP contribution < -0.4 is 10.5 Å². The van der Waals surface area contributed by atoms with Crippen LogP contribution in [-0.4, -0.2) is 18.2 Å². The second-order valence-corrected chi connectivity index (χ2v) is 5.86. The molecule has 2 N–H and O–H groups in total. The van der Waals surface area contributed by atoms with E-state index in [0.29, 0.717) is 17.8 Å². The van der Waals surface area contributed by atoms with Crippen molar-refractivity contribution in [3.05, 3.63) is 54.0 Å². The Morgan fingerprint density at radius 3 is 2.57 bits per heavy atom. The fourth-order valence-electron chi connectivity index (χ4n) is 3.12. The van der Waals surface area contributed by atoms with Crippen molar-refractivity contribution in [1.29, 1.82) is 0 Å². The van der Waals surface area contributed by atoms with Gasteiger partial charge < -0.3 is 15.0 Å². The first-order chi connectivity index (χ1) is 11.1. The molecule has 0 amide bonds. The summed E-state index contributed by atoms with van der Waals surface area (Å²) in [5, 5.41) is 0.812. The molecule has 0 saturated carbocycles. The molecule has 0 aliphatic rings. The number of nitrogens with zero attached hydrogens (tertiary/aromatic N) is 1. The third-order valence-electron chi connectivity index (χ3n) is 4.35. The fourth-order valence-corrected chi connectivity index (χ4v) is 3.12. The van der Waals surface area contributed by atoms with Crippen LogP contribution in [0.5, 0.6) is 5.75 Å². The van der Waals surface area contributed by atoms with Gasteiger partial charge in [-0.2, -0.15) is 0 Å². The summed E-state index contributed by atoms with van der Waals surface area (Å²) in [7, 11) is 3.47. The number of aryl methyl sites for hydroxylation is 1. The van der Waals surface area contributed by atoms with E-state index in [4.69, 9.17) is 10.5 Å². The molecule has 120 valence electrons. The summed E-state index contributed by atoms with van der Waals surface area (Å²) in [6, 6.07) is 11.3. The Kier molecular flexibility index (Phi) is 4.09. The lowest BCUT2D eigenvalue weighted by molar-refractivity contribution is 0.420. The van der Waals surface area contributed by atoms with Crippen LogP contribution in [0, 0.1) is 5.82 Å². The minimum Gasteiger partial charge on any atom is -0.495 e. The summed E-state index contributed by atoms with van der Waals surface area (Å²) in [6.07, 6.45) is 1.95. The molecule has 3 nitrogen and oxygen atoms in total. The van der Waals surface area contributed by atoms with E-state index in [2.05, 4.69) is 0 Å². The molecule has 23 heavy (non-hydrogen) atoms. The summed E-state index contributed by atoms with van der Waals surface area (Å²) in [6.45, 7) is 2.54. The maximum Gasteiger partial charge on any atom is 0.148 e. The molecule has 0 fully saturated rings. The molecule has 0 aliphatic heterocycles. The van der Waals surface area contributed by atoms with Gasteiger partial charge in [0.1, 0.15) is 11.6 Å². The molecule has 0 bridgehead atoms. The average Bonchev–Trinajstić information content (AvgIpc) is 2.93. The maximum absolute atomic E-state index is 14.8. The van der Waals surface area contributed by atoms with Crippen LogP contribution in [0.4, 0.5) is 4.39 Å². The highest BCUT2D eigenvalue weighted by Crippen LogP contribution is 2.42. The van der Waals surface area contributed by atoms with Crippen LogP contribution in [0.2, 0.25) is 0 Å². The molecule has 2 aromatic carbocycles. The van der Waals surface area contributed by atoms with E-state index in [-0.39, 0.29) is 11.7 Å². The lowest BCUT2D eigenvalue weighted by Gasteiger charge is -2.14. The molecule has 1 heterocycles. The summed E-state index contributed by atoms with van der Waals surface area (Å²) >= 11 is 0. The molecular formula is C19H21FN2O. The van der Waals surface area contributed by atoms with Gasteiger partial charge in [0.05, 0.1) is 12.6 Å². The quantitative estimate of drug-likeness (QED) is 0.789. The van der Waals surface area contributed by atoms with Crippen LogP contribution in [0.1, 0.15) is 18.4 Å². The molecule has 0 aliphatic carbocycles. The average molecular weight is 312 g/mol. The number of fused-ring (bicyclic) bond motifs is 1. The zero-order chi connectivity index (χ0) is 16.6. The summed E-state index contributed by atoms with van der Waals surface area (Å²) in [5.41, 5.74) is 9.09. The van der Waals surface area contributed by atoms with Crippen LogP contribution in [0.25, 0.3) is 22.0 Å². The van der Waals surface area contributed by atoms with Gasteiger partial charge in [0.2, 0.25) is 0 Å². The fraction of sp³-hybridized carbons (Fsp3) is 0.263. The number of methoxy groups -OCH3 is 1. The lowest BCUT2D eigenvalue weighted by atomic mass is 9.96. The Morgan fingerprint density at radius 2 is 1.96 bits per heavy atom. The smallest absolute Gasteiger partial charge is 0.148 e. The van der Waals surface area contributed by atoms with E-state index in [1.807, 2.05) is 55.1 Å². The van der Waals surface area contributed by atoms with Gasteiger partial charge in [0.15, 0.2) is 0 Å². The lowest BCUT2D eigenvalue weighted by Crippen LogP contribution is -2.08. The molecule has 1 aromatic heterocycles. The number of nitrogens with two attached hydrogens (primary N) is 1. The minimum atomic E-state index is -0.252. The maximum atomic E-state index is 14.8. The molecule has 1 atom stereocenters. The SMILES string of the molecule is COc1c(-c2ccccc2)cc(F)c2c1c(C(C)CN)cn2C. The highest BCUT2D eigenvalue weighted by atomic mass is 19.1. The summed E-state index contributed by atoms with van der Waals surface area (Å²) < 4.78 is 22.3. The third kappa shape index (κ3) is 2.49. The highest BCUT2D eigenvalue weighted by molar-refractivity contribution is 5.97. The minimum absolute atomic E-state index is 0.123. The van der Waals surface area contributed by atoms with Gasteiger partial charge >= 0.3 is 0 Å².